The lowest BCUT2D eigenvalue weighted by Gasteiger charge is -2.23. The first kappa shape index (κ1) is 28.1. The number of methoxy groups -OCH3 is 1. The molecule has 3 aromatic rings. The molecule has 1 aromatic heterocycles. The van der Waals surface area contributed by atoms with Gasteiger partial charge in [0.2, 0.25) is 5.91 Å². The largest absolute Gasteiger partial charge is 0.497 e. The van der Waals surface area contributed by atoms with Gasteiger partial charge in [0, 0.05) is 28.7 Å². The Morgan fingerprint density at radius 3 is 2.30 bits per heavy atom. The van der Waals surface area contributed by atoms with Gasteiger partial charge in [0.05, 0.1) is 18.5 Å². The summed E-state index contributed by atoms with van der Waals surface area (Å²) in [6.07, 6.45) is 2.77. The molecule has 0 aliphatic heterocycles. The number of nitrogens with zero attached hydrogens (tertiary/aromatic N) is 3. The minimum absolute atomic E-state index is 0.0955. The molecule has 0 aliphatic rings. The highest BCUT2D eigenvalue weighted by atomic mass is 35.5. The van der Waals surface area contributed by atoms with Crippen LogP contribution < -0.4 is 15.4 Å². The van der Waals surface area contributed by atoms with Gasteiger partial charge in [-0.1, -0.05) is 52.1 Å². The fourth-order valence-corrected chi connectivity index (χ4v) is 3.78. The molecule has 37 heavy (non-hydrogen) atoms. The Morgan fingerprint density at radius 2 is 1.70 bits per heavy atom. The molecule has 0 saturated carbocycles. The highest BCUT2D eigenvalue weighted by molar-refractivity contribution is 6.30. The van der Waals surface area contributed by atoms with E-state index in [4.69, 9.17) is 21.4 Å². The van der Waals surface area contributed by atoms with E-state index in [-0.39, 0.29) is 23.9 Å². The maximum atomic E-state index is 13.2. The standard InChI is InChI=1S/C28H36ClN5O3/c1-6-7-8-17-33(27(36)30-21-11-9-20(29)10-12-21)19-26(35)31-25-18-24(28(2,3)4)32-34(25)22-13-15-23(37-5)16-14-22/h9-16,18H,6-8,17,19H2,1-5H3,(H,30,36)(H,31,35). The summed E-state index contributed by atoms with van der Waals surface area (Å²) < 4.78 is 6.97. The number of amides is 3. The Labute approximate surface area is 223 Å². The van der Waals surface area contributed by atoms with E-state index in [2.05, 4.69) is 38.3 Å². The Kier molecular flexibility index (Phi) is 9.58. The molecule has 9 heteroatoms. The number of rotatable bonds is 10. The van der Waals surface area contributed by atoms with E-state index in [1.54, 1.807) is 36.1 Å². The van der Waals surface area contributed by atoms with Crippen molar-refractivity contribution in [1.82, 2.24) is 14.7 Å². The van der Waals surface area contributed by atoms with Gasteiger partial charge in [0.15, 0.2) is 0 Å². The van der Waals surface area contributed by atoms with Gasteiger partial charge < -0.3 is 20.3 Å². The molecule has 198 valence electrons. The molecule has 0 radical (unpaired) electrons. The number of nitrogens with one attached hydrogen (secondary N) is 2. The summed E-state index contributed by atoms with van der Waals surface area (Å²) in [4.78, 5) is 27.8. The third-order valence-electron chi connectivity index (χ3n) is 5.81. The van der Waals surface area contributed by atoms with Crippen LogP contribution in [0, 0.1) is 0 Å². The number of hydrogen-bond acceptors (Lipinski definition) is 4. The van der Waals surface area contributed by atoms with E-state index in [0.29, 0.717) is 23.1 Å². The van der Waals surface area contributed by atoms with Crippen LogP contribution >= 0.6 is 11.6 Å². The van der Waals surface area contributed by atoms with Crippen molar-refractivity contribution in [3.05, 3.63) is 65.3 Å². The molecular formula is C28H36ClN5O3. The normalized spacial score (nSPS) is 11.2. The van der Waals surface area contributed by atoms with Crippen molar-refractivity contribution in [2.45, 2.75) is 52.4 Å². The summed E-state index contributed by atoms with van der Waals surface area (Å²) >= 11 is 5.95. The summed E-state index contributed by atoms with van der Waals surface area (Å²) in [5.74, 6) is 0.955. The maximum Gasteiger partial charge on any atom is 0.322 e. The number of hydrogen-bond donors (Lipinski definition) is 2. The van der Waals surface area contributed by atoms with E-state index in [1.807, 2.05) is 30.3 Å². The number of urea groups is 1. The second-order valence-electron chi connectivity index (χ2n) is 9.89. The van der Waals surface area contributed by atoms with Crippen molar-refractivity contribution in [2.24, 2.45) is 0 Å². The lowest BCUT2D eigenvalue weighted by Crippen LogP contribution is -2.41. The third-order valence-corrected chi connectivity index (χ3v) is 6.06. The average Bonchev–Trinajstić information content (AvgIpc) is 3.29. The zero-order valence-electron chi connectivity index (χ0n) is 22.2. The number of benzene rings is 2. The quantitative estimate of drug-likeness (QED) is 0.296. The molecule has 0 atom stereocenters. The Bertz CT molecular complexity index is 1180. The highest BCUT2D eigenvalue weighted by Crippen LogP contribution is 2.27. The van der Waals surface area contributed by atoms with Gasteiger partial charge in [-0.25, -0.2) is 9.48 Å². The van der Waals surface area contributed by atoms with E-state index in [1.165, 1.54) is 4.90 Å². The van der Waals surface area contributed by atoms with Crippen LogP contribution in [0.25, 0.3) is 5.69 Å². The SMILES string of the molecule is CCCCCN(CC(=O)Nc1cc(C(C)(C)C)nn1-c1ccc(OC)cc1)C(=O)Nc1ccc(Cl)cc1. The van der Waals surface area contributed by atoms with Gasteiger partial charge in [-0.2, -0.15) is 5.10 Å². The predicted molar refractivity (Wildman–Crippen MR) is 149 cm³/mol. The average molecular weight is 526 g/mol. The van der Waals surface area contributed by atoms with Crippen LogP contribution in [-0.2, 0) is 10.2 Å². The summed E-state index contributed by atoms with van der Waals surface area (Å²) in [5, 5.41) is 11.2. The summed E-state index contributed by atoms with van der Waals surface area (Å²) in [7, 11) is 1.61. The van der Waals surface area contributed by atoms with Crippen molar-refractivity contribution in [2.75, 3.05) is 30.8 Å². The maximum absolute atomic E-state index is 13.2. The summed E-state index contributed by atoms with van der Waals surface area (Å²) in [6, 6.07) is 15.8. The molecule has 2 aromatic carbocycles. The second-order valence-corrected chi connectivity index (χ2v) is 10.3. The smallest absolute Gasteiger partial charge is 0.322 e. The second kappa shape index (κ2) is 12.6. The zero-order chi connectivity index (χ0) is 27.0. The van der Waals surface area contributed by atoms with Crippen LogP contribution in [0.1, 0.15) is 52.7 Å². The van der Waals surface area contributed by atoms with Gasteiger partial charge in [-0.05, 0) is 55.0 Å². The van der Waals surface area contributed by atoms with E-state index in [0.717, 1.165) is 36.4 Å². The lowest BCUT2D eigenvalue weighted by atomic mass is 9.92. The summed E-state index contributed by atoms with van der Waals surface area (Å²) in [5.41, 5.74) is 2.01. The monoisotopic (exact) mass is 525 g/mol. The molecule has 0 aliphatic carbocycles. The Hall–Kier alpha value is -3.52. The zero-order valence-corrected chi connectivity index (χ0v) is 22.9. The highest BCUT2D eigenvalue weighted by Gasteiger charge is 2.23. The number of ether oxygens (including phenoxy) is 1. The molecule has 0 saturated heterocycles. The minimum atomic E-state index is -0.340. The number of halogens is 1. The van der Waals surface area contributed by atoms with Crippen molar-refractivity contribution >= 4 is 35.0 Å². The predicted octanol–water partition coefficient (Wildman–Crippen LogP) is 6.49. The number of aromatic nitrogens is 2. The van der Waals surface area contributed by atoms with Crippen LogP contribution in [-0.4, -0.2) is 46.8 Å². The van der Waals surface area contributed by atoms with Crippen LogP contribution in [0.5, 0.6) is 5.75 Å². The molecule has 2 N–H and O–H groups in total. The topological polar surface area (TPSA) is 88.5 Å². The van der Waals surface area contributed by atoms with Crippen LogP contribution in [0.15, 0.2) is 54.6 Å². The van der Waals surface area contributed by atoms with E-state index < -0.39 is 0 Å². The number of carbonyl (C=O) groups is 2. The molecule has 0 spiro atoms. The van der Waals surface area contributed by atoms with Crippen molar-refractivity contribution in [3.63, 3.8) is 0 Å². The lowest BCUT2D eigenvalue weighted by molar-refractivity contribution is -0.116. The molecule has 8 nitrogen and oxygen atoms in total. The number of anilines is 2. The first-order chi connectivity index (χ1) is 17.6. The third kappa shape index (κ3) is 7.98. The van der Waals surface area contributed by atoms with Crippen LogP contribution in [0.4, 0.5) is 16.3 Å². The molecule has 3 amide bonds. The molecule has 1 heterocycles. The van der Waals surface area contributed by atoms with Gasteiger partial charge in [0.25, 0.3) is 0 Å². The van der Waals surface area contributed by atoms with Crippen LogP contribution in [0.3, 0.4) is 0 Å². The summed E-state index contributed by atoms with van der Waals surface area (Å²) in [6.45, 7) is 8.66. The molecule has 0 fully saturated rings. The van der Waals surface area contributed by atoms with Gasteiger partial charge in [-0.15, -0.1) is 0 Å². The number of unbranched alkanes of at least 4 members (excludes halogenated alkanes) is 2. The van der Waals surface area contributed by atoms with Crippen LogP contribution in [0.2, 0.25) is 5.02 Å². The van der Waals surface area contributed by atoms with E-state index in [9.17, 15) is 9.59 Å². The molecule has 0 bridgehead atoms. The molecular weight excluding hydrogens is 490 g/mol. The van der Waals surface area contributed by atoms with Crippen molar-refractivity contribution in [1.29, 1.82) is 0 Å². The van der Waals surface area contributed by atoms with Crippen molar-refractivity contribution in [3.8, 4) is 11.4 Å². The van der Waals surface area contributed by atoms with Gasteiger partial charge in [0.1, 0.15) is 18.1 Å². The van der Waals surface area contributed by atoms with Gasteiger partial charge in [-0.3, -0.25) is 4.79 Å². The van der Waals surface area contributed by atoms with Gasteiger partial charge >= 0.3 is 6.03 Å². The van der Waals surface area contributed by atoms with E-state index >= 15 is 0 Å². The first-order valence-corrected chi connectivity index (χ1v) is 12.8. The fraction of sp³-hybridized carbons (Fsp3) is 0.393. The fourth-order valence-electron chi connectivity index (χ4n) is 3.65. The molecule has 3 rings (SSSR count). The Morgan fingerprint density at radius 1 is 1.03 bits per heavy atom. The minimum Gasteiger partial charge on any atom is -0.497 e. The van der Waals surface area contributed by atoms with Crippen molar-refractivity contribution < 1.29 is 14.3 Å². The Balaban J connectivity index is 1.80. The molecule has 0 unspecified atom stereocenters. The number of carbonyl (C=O) groups excluding carboxylic acids is 2. The first-order valence-electron chi connectivity index (χ1n) is 12.5.